The number of hydrogen-bond donors (Lipinski definition) is 2. The van der Waals surface area contributed by atoms with Crippen LogP contribution in [-0.2, 0) is 9.53 Å². The van der Waals surface area contributed by atoms with E-state index in [4.69, 9.17) is 27.9 Å². The Labute approximate surface area is 164 Å². The molecular weight excluding hydrogens is 377 g/mol. The maximum absolute atomic E-state index is 12.1. The smallest absolute Gasteiger partial charge is 0.253 e. The Morgan fingerprint density at radius 1 is 1.31 bits per heavy atom. The standard InChI is InChI=1S/C18H25Cl2N3O3/c1-26-8-7-23-6-2-3-13(12-23)10-21-17(24)11-22-18(25)15-9-14(19)4-5-16(15)20/h4-5,9,13H,2-3,6-8,10-12H2,1H3,(H,21,24)(H,22,25). The highest BCUT2D eigenvalue weighted by molar-refractivity contribution is 6.35. The summed E-state index contributed by atoms with van der Waals surface area (Å²) >= 11 is 11.9. The number of nitrogens with zero attached hydrogens (tertiary/aromatic N) is 1. The van der Waals surface area contributed by atoms with Gasteiger partial charge in [-0.25, -0.2) is 0 Å². The molecule has 0 aromatic heterocycles. The molecule has 0 bridgehead atoms. The third-order valence-electron chi connectivity index (χ3n) is 4.39. The molecule has 1 unspecified atom stereocenters. The summed E-state index contributed by atoms with van der Waals surface area (Å²) in [5.74, 6) is -0.218. The zero-order chi connectivity index (χ0) is 18.9. The van der Waals surface area contributed by atoms with Crippen LogP contribution < -0.4 is 10.6 Å². The van der Waals surface area contributed by atoms with E-state index in [0.717, 1.165) is 39.1 Å². The first kappa shape index (κ1) is 21.0. The van der Waals surface area contributed by atoms with Gasteiger partial charge in [-0.05, 0) is 43.5 Å². The van der Waals surface area contributed by atoms with Crippen LogP contribution in [0.5, 0.6) is 0 Å². The second kappa shape index (κ2) is 10.7. The van der Waals surface area contributed by atoms with Crippen LogP contribution in [-0.4, -0.2) is 63.2 Å². The fourth-order valence-electron chi connectivity index (χ4n) is 2.99. The van der Waals surface area contributed by atoms with Crippen molar-refractivity contribution < 1.29 is 14.3 Å². The van der Waals surface area contributed by atoms with Gasteiger partial charge in [0.25, 0.3) is 5.91 Å². The van der Waals surface area contributed by atoms with Gasteiger partial charge in [-0.3, -0.25) is 9.59 Å². The van der Waals surface area contributed by atoms with Crippen molar-refractivity contribution in [2.24, 2.45) is 5.92 Å². The summed E-state index contributed by atoms with van der Waals surface area (Å²) < 4.78 is 5.12. The highest BCUT2D eigenvalue weighted by Gasteiger charge is 2.20. The predicted octanol–water partition coefficient (Wildman–Crippen LogP) is 2.20. The Morgan fingerprint density at radius 2 is 2.12 bits per heavy atom. The lowest BCUT2D eigenvalue weighted by Gasteiger charge is -2.32. The molecule has 0 spiro atoms. The number of hydrogen-bond acceptors (Lipinski definition) is 4. The minimum absolute atomic E-state index is 0.0955. The second-order valence-corrected chi connectivity index (χ2v) is 7.26. The first-order valence-corrected chi connectivity index (χ1v) is 9.46. The average Bonchev–Trinajstić information content (AvgIpc) is 2.65. The zero-order valence-corrected chi connectivity index (χ0v) is 16.4. The van der Waals surface area contributed by atoms with Gasteiger partial charge in [-0.15, -0.1) is 0 Å². The van der Waals surface area contributed by atoms with E-state index in [1.165, 1.54) is 6.07 Å². The van der Waals surface area contributed by atoms with Gasteiger partial charge >= 0.3 is 0 Å². The number of carbonyl (C=O) groups excluding carboxylic acids is 2. The van der Waals surface area contributed by atoms with Gasteiger partial charge in [0.15, 0.2) is 0 Å². The second-order valence-electron chi connectivity index (χ2n) is 6.41. The summed E-state index contributed by atoms with van der Waals surface area (Å²) in [5.41, 5.74) is 0.257. The summed E-state index contributed by atoms with van der Waals surface area (Å²) in [6, 6.07) is 4.64. The van der Waals surface area contributed by atoms with E-state index < -0.39 is 5.91 Å². The van der Waals surface area contributed by atoms with Gasteiger partial charge in [0.1, 0.15) is 0 Å². The molecule has 26 heavy (non-hydrogen) atoms. The molecule has 1 aliphatic heterocycles. The number of halogens is 2. The van der Waals surface area contributed by atoms with Crippen molar-refractivity contribution in [2.75, 3.05) is 46.4 Å². The van der Waals surface area contributed by atoms with Crippen LogP contribution in [0.4, 0.5) is 0 Å². The molecule has 1 aromatic carbocycles. The summed E-state index contributed by atoms with van der Waals surface area (Å²) in [6.45, 7) is 4.17. The molecule has 2 rings (SSSR count). The minimum atomic E-state index is -0.420. The Hall–Kier alpha value is -1.34. The summed E-state index contributed by atoms with van der Waals surface area (Å²) in [6.07, 6.45) is 2.21. The molecule has 8 heteroatoms. The van der Waals surface area contributed by atoms with E-state index in [9.17, 15) is 9.59 Å². The molecular formula is C18H25Cl2N3O3. The molecule has 0 saturated carbocycles. The van der Waals surface area contributed by atoms with Crippen LogP contribution >= 0.6 is 23.2 Å². The van der Waals surface area contributed by atoms with Gasteiger partial charge in [-0.2, -0.15) is 0 Å². The van der Waals surface area contributed by atoms with E-state index in [1.54, 1.807) is 19.2 Å². The summed E-state index contributed by atoms with van der Waals surface area (Å²) in [7, 11) is 1.70. The van der Waals surface area contributed by atoms with Gasteiger partial charge in [0, 0.05) is 31.8 Å². The fraction of sp³-hybridized carbons (Fsp3) is 0.556. The zero-order valence-electron chi connectivity index (χ0n) is 14.9. The highest BCUT2D eigenvalue weighted by atomic mass is 35.5. The highest BCUT2D eigenvalue weighted by Crippen LogP contribution is 2.20. The van der Waals surface area contributed by atoms with Crippen molar-refractivity contribution in [1.29, 1.82) is 0 Å². The molecule has 1 aromatic rings. The SMILES string of the molecule is COCCN1CCCC(CNC(=O)CNC(=O)c2cc(Cl)ccc2Cl)C1. The monoisotopic (exact) mass is 401 g/mol. The number of amides is 2. The first-order valence-electron chi connectivity index (χ1n) is 8.71. The topological polar surface area (TPSA) is 70.7 Å². The van der Waals surface area contributed by atoms with Gasteiger partial charge in [-0.1, -0.05) is 23.2 Å². The third kappa shape index (κ3) is 6.76. The van der Waals surface area contributed by atoms with Crippen molar-refractivity contribution in [3.63, 3.8) is 0 Å². The molecule has 1 fully saturated rings. The first-order chi connectivity index (χ1) is 12.5. The van der Waals surface area contributed by atoms with Gasteiger partial charge in [0.2, 0.25) is 5.91 Å². The largest absolute Gasteiger partial charge is 0.383 e. The summed E-state index contributed by atoms with van der Waals surface area (Å²) in [4.78, 5) is 26.5. The average molecular weight is 402 g/mol. The summed E-state index contributed by atoms with van der Waals surface area (Å²) in [5, 5.41) is 6.17. The maximum atomic E-state index is 12.1. The van der Waals surface area contributed by atoms with Crippen molar-refractivity contribution in [3.8, 4) is 0 Å². The lowest BCUT2D eigenvalue weighted by Crippen LogP contribution is -2.44. The molecule has 1 heterocycles. The lowest BCUT2D eigenvalue weighted by molar-refractivity contribution is -0.120. The predicted molar refractivity (Wildman–Crippen MR) is 103 cm³/mol. The van der Waals surface area contributed by atoms with Gasteiger partial charge in [0.05, 0.1) is 23.7 Å². The number of benzene rings is 1. The van der Waals surface area contributed by atoms with E-state index >= 15 is 0 Å². The normalized spacial score (nSPS) is 17.7. The third-order valence-corrected chi connectivity index (χ3v) is 4.95. The number of piperidine rings is 1. The number of nitrogens with one attached hydrogen (secondary N) is 2. The molecule has 144 valence electrons. The number of rotatable bonds is 8. The molecule has 0 radical (unpaired) electrons. The molecule has 1 aliphatic rings. The quantitative estimate of drug-likeness (QED) is 0.700. The van der Waals surface area contributed by atoms with Crippen LogP contribution in [0.1, 0.15) is 23.2 Å². The van der Waals surface area contributed by atoms with E-state index in [2.05, 4.69) is 15.5 Å². The molecule has 2 amide bonds. The van der Waals surface area contributed by atoms with Crippen molar-refractivity contribution >= 4 is 35.0 Å². The molecule has 6 nitrogen and oxygen atoms in total. The van der Waals surface area contributed by atoms with Crippen molar-refractivity contribution in [2.45, 2.75) is 12.8 Å². The van der Waals surface area contributed by atoms with Crippen molar-refractivity contribution in [3.05, 3.63) is 33.8 Å². The lowest BCUT2D eigenvalue weighted by atomic mass is 9.98. The Bertz CT molecular complexity index is 628. The van der Waals surface area contributed by atoms with E-state index in [0.29, 0.717) is 22.5 Å². The fourth-order valence-corrected chi connectivity index (χ4v) is 3.36. The van der Waals surface area contributed by atoms with Crippen LogP contribution in [0.3, 0.4) is 0 Å². The molecule has 1 atom stereocenters. The number of ether oxygens (including phenoxy) is 1. The molecule has 2 N–H and O–H groups in total. The number of methoxy groups -OCH3 is 1. The molecule has 0 aliphatic carbocycles. The maximum Gasteiger partial charge on any atom is 0.253 e. The Morgan fingerprint density at radius 3 is 2.88 bits per heavy atom. The van der Waals surface area contributed by atoms with Crippen LogP contribution in [0.2, 0.25) is 10.0 Å². The molecule has 1 saturated heterocycles. The van der Waals surface area contributed by atoms with E-state index in [-0.39, 0.29) is 18.0 Å². The van der Waals surface area contributed by atoms with Crippen LogP contribution in [0, 0.1) is 5.92 Å². The van der Waals surface area contributed by atoms with Gasteiger partial charge < -0.3 is 20.3 Å². The Kier molecular flexibility index (Phi) is 8.65. The Balaban J connectivity index is 1.71. The number of carbonyl (C=O) groups is 2. The van der Waals surface area contributed by atoms with Crippen molar-refractivity contribution in [1.82, 2.24) is 15.5 Å². The number of likely N-dealkylation sites (tertiary alicyclic amines) is 1. The van der Waals surface area contributed by atoms with E-state index in [1.807, 2.05) is 0 Å². The van der Waals surface area contributed by atoms with Crippen LogP contribution in [0.15, 0.2) is 18.2 Å². The minimum Gasteiger partial charge on any atom is -0.383 e. The van der Waals surface area contributed by atoms with Crippen LogP contribution in [0.25, 0.3) is 0 Å².